The summed E-state index contributed by atoms with van der Waals surface area (Å²) >= 11 is 0. The van der Waals surface area contributed by atoms with E-state index in [9.17, 15) is 0 Å². The molecule has 0 aromatic rings. The van der Waals surface area contributed by atoms with E-state index < -0.39 is 0 Å². The summed E-state index contributed by atoms with van der Waals surface area (Å²) in [4.78, 5) is 5.09. The van der Waals surface area contributed by atoms with Crippen LogP contribution in [0.15, 0.2) is 0 Å². The fourth-order valence-corrected chi connectivity index (χ4v) is 2.07. The van der Waals surface area contributed by atoms with Gasteiger partial charge in [0.15, 0.2) is 0 Å². The lowest BCUT2D eigenvalue weighted by atomic mass is 10.1. The maximum absolute atomic E-state index is 2.58. The summed E-state index contributed by atoms with van der Waals surface area (Å²) in [5, 5.41) is 0. The molecule has 0 spiro atoms. The molecule has 0 N–H and O–H groups in total. The topological polar surface area (TPSA) is 6.48 Å². The molecule has 0 radical (unpaired) electrons. The molecule has 0 bridgehead atoms. The molecule has 1 atom stereocenters. The van der Waals surface area contributed by atoms with Gasteiger partial charge in [-0.1, -0.05) is 0 Å². The van der Waals surface area contributed by atoms with E-state index in [1.165, 1.54) is 45.4 Å². The predicted molar refractivity (Wildman–Crippen MR) is 46.7 cm³/mol. The Kier molecular flexibility index (Phi) is 2.14. The molecule has 2 nitrogen and oxygen atoms in total. The molecule has 2 aliphatic heterocycles. The van der Waals surface area contributed by atoms with Crippen LogP contribution < -0.4 is 0 Å². The van der Waals surface area contributed by atoms with Crippen molar-refractivity contribution in [3.05, 3.63) is 0 Å². The van der Waals surface area contributed by atoms with Crippen molar-refractivity contribution >= 4 is 0 Å². The highest BCUT2D eigenvalue weighted by molar-refractivity contribution is 4.82. The van der Waals surface area contributed by atoms with Crippen molar-refractivity contribution in [3.8, 4) is 0 Å². The molecule has 0 unspecified atom stereocenters. The van der Waals surface area contributed by atoms with Gasteiger partial charge in [0, 0.05) is 12.6 Å². The van der Waals surface area contributed by atoms with Crippen molar-refractivity contribution in [2.75, 3.05) is 33.2 Å². The molecule has 0 amide bonds. The summed E-state index contributed by atoms with van der Waals surface area (Å²) in [6.45, 7) is 5.35. The van der Waals surface area contributed by atoms with Crippen LogP contribution in [0.5, 0.6) is 0 Å². The highest BCUT2D eigenvalue weighted by Gasteiger charge is 2.25. The van der Waals surface area contributed by atoms with Crippen molar-refractivity contribution in [3.63, 3.8) is 0 Å². The van der Waals surface area contributed by atoms with Crippen LogP contribution in [0.2, 0.25) is 0 Å². The summed E-state index contributed by atoms with van der Waals surface area (Å²) in [6.07, 6.45) is 4.26. The summed E-state index contributed by atoms with van der Waals surface area (Å²) in [7, 11) is 2.26. The first kappa shape index (κ1) is 7.56. The number of likely N-dealkylation sites (tertiary alicyclic amines) is 2. The van der Waals surface area contributed by atoms with Crippen molar-refractivity contribution in [2.45, 2.75) is 25.3 Å². The normalized spacial score (nSPS) is 34.1. The number of rotatable bonds is 2. The van der Waals surface area contributed by atoms with Gasteiger partial charge in [0.05, 0.1) is 0 Å². The molecule has 2 rings (SSSR count). The minimum Gasteiger partial charge on any atom is -0.302 e. The van der Waals surface area contributed by atoms with Crippen LogP contribution in [0.1, 0.15) is 19.3 Å². The number of likely N-dealkylation sites (N-methyl/N-ethyl adjacent to an activating group) is 1. The minimum atomic E-state index is 0.871. The van der Waals surface area contributed by atoms with E-state index in [1.807, 2.05) is 0 Å². The third kappa shape index (κ3) is 1.57. The van der Waals surface area contributed by atoms with Gasteiger partial charge in [-0.2, -0.15) is 0 Å². The Hall–Kier alpha value is -0.0800. The monoisotopic (exact) mass is 154 g/mol. The Labute approximate surface area is 69.2 Å². The third-order valence-electron chi connectivity index (χ3n) is 3.09. The molecular formula is C9H18N2. The van der Waals surface area contributed by atoms with E-state index in [1.54, 1.807) is 0 Å². The van der Waals surface area contributed by atoms with Gasteiger partial charge in [0.1, 0.15) is 0 Å². The Morgan fingerprint density at radius 2 is 2.00 bits per heavy atom. The second-order valence-corrected chi connectivity index (χ2v) is 3.93. The summed E-state index contributed by atoms with van der Waals surface area (Å²) in [5.41, 5.74) is 0. The molecule has 2 heterocycles. The lowest BCUT2D eigenvalue weighted by Crippen LogP contribution is -2.45. The van der Waals surface area contributed by atoms with E-state index in [0.29, 0.717) is 0 Å². The summed E-state index contributed by atoms with van der Waals surface area (Å²) in [6, 6.07) is 0.871. The smallest absolute Gasteiger partial charge is 0.0220 e. The molecule has 64 valence electrons. The average Bonchev–Trinajstić information content (AvgIpc) is 2.27. The van der Waals surface area contributed by atoms with Gasteiger partial charge < -0.3 is 9.80 Å². The molecule has 2 aliphatic rings. The lowest BCUT2D eigenvalue weighted by Gasteiger charge is -2.34. The molecule has 0 aliphatic carbocycles. The Morgan fingerprint density at radius 3 is 2.45 bits per heavy atom. The van der Waals surface area contributed by atoms with E-state index in [2.05, 4.69) is 16.8 Å². The maximum Gasteiger partial charge on any atom is 0.0220 e. The molecule has 11 heavy (non-hydrogen) atoms. The fourth-order valence-electron chi connectivity index (χ4n) is 2.07. The van der Waals surface area contributed by atoms with Gasteiger partial charge >= 0.3 is 0 Å². The predicted octanol–water partition coefficient (Wildman–Crippen LogP) is 0.786. The average molecular weight is 154 g/mol. The summed E-state index contributed by atoms with van der Waals surface area (Å²) in [5.74, 6) is 0. The Bertz CT molecular complexity index is 132. The largest absolute Gasteiger partial charge is 0.302 e. The van der Waals surface area contributed by atoms with Gasteiger partial charge in [-0.25, -0.2) is 0 Å². The van der Waals surface area contributed by atoms with Crippen molar-refractivity contribution in [1.82, 2.24) is 9.80 Å². The van der Waals surface area contributed by atoms with Gasteiger partial charge in [-0.05, 0) is 45.9 Å². The standard InChI is InChI=1S/C9H18N2/c1-10-5-2-4-9(10)8-11-6-3-7-11/h9H,2-8H2,1H3/t9-/m1/s1. The minimum absolute atomic E-state index is 0.871. The van der Waals surface area contributed by atoms with Gasteiger partial charge in [-0.3, -0.25) is 0 Å². The van der Waals surface area contributed by atoms with Gasteiger partial charge in [0.25, 0.3) is 0 Å². The molecule has 2 saturated heterocycles. The number of hydrogen-bond donors (Lipinski definition) is 0. The van der Waals surface area contributed by atoms with Crippen molar-refractivity contribution in [2.24, 2.45) is 0 Å². The van der Waals surface area contributed by atoms with Gasteiger partial charge in [-0.15, -0.1) is 0 Å². The van der Waals surface area contributed by atoms with Crippen molar-refractivity contribution in [1.29, 1.82) is 0 Å². The molecule has 2 fully saturated rings. The first-order valence-corrected chi connectivity index (χ1v) is 4.79. The van der Waals surface area contributed by atoms with E-state index in [-0.39, 0.29) is 0 Å². The highest BCUT2D eigenvalue weighted by Crippen LogP contribution is 2.18. The van der Waals surface area contributed by atoms with E-state index in [4.69, 9.17) is 0 Å². The number of hydrogen-bond acceptors (Lipinski definition) is 2. The van der Waals surface area contributed by atoms with Crippen molar-refractivity contribution < 1.29 is 0 Å². The molecule has 0 aromatic carbocycles. The first-order valence-electron chi connectivity index (χ1n) is 4.79. The van der Waals surface area contributed by atoms with Crippen LogP contribution in [0.3, 0.4) is 0 Å². The van der Waals surface area contributed by atoms with Crippen LogP contribution >= 0.6 is 0 Å². The second kappa shape index (κ2) is 3.11. The maximum atomic E-state index is 2.58. The number of nitrogens with zero attached hydrogens (tertiary/aromatic N) is 2. The van der Waals surface area contributed by atoms with E-state index >= 15 is 0 Å². The lowest BCUT2D eigenvalue weighted by molar-refractivity contribution is 0.134. The van der Waals surface area contributed by atoms with Crippen LogP contribution in [0, 0.1) is 0 Å². The van der Waals surface area contributed by atoms with Gasteiger partial charge in [0.2, 0.25) is 0 Å². The van der Waals surface area contributed by atoms with Crippen LogP contribution in [0.4, 0.5) is 0 Å². The second-order valence-electron chi connectivity index (χ2n) is 3.93. The Morgan fingerprint density at radius 1 is 1.18 bits per heavy atom. The quantitative estimate of drug-likeness (QED) is 0.580. The third-order valence-corrected chi connectivity index (χ3v) is 3.09. The van der Waals surface area contributed by atoms with Crippen LogP contribution in [0.25, 0.3) is 0 Å². The van der Waals surface area contributed by atoms with Crippen LogP contribution in [-0.2, 0) is 0 Å². The summed E-state index contributed by atoms with van der Waals surface area (Å²) < 4.78 is 0. The first-order chi connectivity index (χ1) is 5.36. The zero-order valence-electron chi connectivity index (χ0n) is 7.42. The molecular weight excluding hydrogens is 136 g/mol. The van der Waals surface area contributed by atoms with E-state index in [0.717, 1.165) is 6.04 Å². The zero-order chi connectivity index (χ0) is 7.68. The van der Waals surface area contributed by atoms with Crippen LogP contribution in [-0.4, -0.2) is 49.1 Å². The Balaban J connectivity index is 1.75. The molecule has 2 heteroatoms. The highest BCUT2D eigenvalue weighted by atomic mass is 15.2. The molecule has 0 saturated carbocycles. The SMILES string of the molecule is CN1CCC[C@@H]1CN1CCC1. The molecule has 0 aromatic heterocycles. The zero-order valence-corrected chi connectivity index (χ0v) is 7.42. The fraction of sp³-hybridized carbons (Fsp3) is 1.00.